The maximum Gasteiger partial charge on any atom is 0.119 e. The number of morpholine rings is 1. The lowest BCUT2D eigenvalue weighted by atomic mass is 9.97. The molecule has 1 saturated heterocycles. The third-order valence-electron chi connectivity index (χ3n) is 4.20. The average Bonchev–Trinajstić information content (AvgIpc) is 2.61. The largest absolute Gasteiger partial charge is 0.497 e. The highest BCUT2D eigenvalue weighted by molar-refractivity contribution is 5.69. The average molecular weight is 297 g/mol. The van der Waals surface area contributed by atoms with Crippen LogP contribution < -0.4 is 4.74 Å². The van der Waals surface area contributed by atoms with Gasteiger partial charge in [-0.3, -0.25) is 4.90 Å². The monoisotopic (exact) mass is 297 g/mol. The molecule has 2 aromatic carbocycles. The van der Waals surface area contributed by atoms with Crippen molar-refractivity contribution in [2.45, 2.75) is 6.42 Å². The molecule has 1 fully saturated rings. The maximum absolute atomic E-state index is 5.42. The van der Waals surface area contributed by atoms with E-state index in [2.05, 4.69) is 53.4 Å². The van der Waals surface area contributed by atoms with Gasteiger partial charge in [-0.1, -0.05) is 36.4 Å². The topological polar surface area (TPSA) is 21.7 Å². The zero-order valence-electron chi connectivity index (χ0n) is 13.1. The molecule has 0 N–H and O–H groups in total. The van der Waals surface area contributed by atoms with Gasteiger partial charge in [0.1, 0.15) is 5.75 Å². The van der Waals surface area contributed by atoms with Crippen LogP contribution in [-0.4, -0.2) is 44.9 Å². The summed E-state index contributed by atoms with van der Waals surface area (Å²) in [6.45, 7) is 4.87. The Balaban J connectivity index is 1.80. The molecule has 0 radical (unpaired) electrons. The molecule has 0 atom stereocenters. The fourth-order valence-corrected chi connectivity index (χ4v) is 2.89. The summed E-state index contributed by atoms with van der Waals surface area (Å²) in [4.78, 5) is 2.47. The standard InChI is InChI=1S/C19H23NO2/c1-21-18-8-7-17(9-10-20-11-13-22-14-12-20)19(15-18)16-5-3-2-4-6-16/h2-8,15H,9-14H2,1H3. The molecule has 22 heavy (non-hydrogen) atoms. The summed E-state index contributed by atoms with van der Waals surface area (Å²) < 4.78 is 10.8. The van der Waals surface area contributed by atoms with Gasteiger partial charge in [0, 0.05) is 19.6 Å². The van der Waals surface area contributed by atoms with Crippen LogP contribution in [0.15, 0.2) is 48.5 Å². The molecule has 1 aliphatic heterocycles. The molecular weight excluding hydrogens is 274 g/mol. The van der Waals surface area contributed by atoms with E-state index in [1.54, 1.807) is 7.11 Å². The van der Waals surface area contributed by atoms with Crippen LogP contribution >= 0.6 is 0 Å². The highest BCUT2D eigenvalue weighted by Crippen LogP contribution is 2.28. The highest BCUT2D eigenvalue weighted by Gasteiger charge is 2.12. The molecule has 3 nitrogen and oxygen atoms in total. The number of nitrogens with zero attached hydrogens (tertiary/aromatic N) is 1. The van der Waals surface area contributed by atoms with Crippen molar-refractivity contribution < 1.29 is 9.47 Å². The van der Waals surface area contributed by atoms with Crippen LogP contribution in [0.2, 0.25) is 0 Å². The fourth-order valence-electron chi connectivity index (χ4n) is 2.89. The summed E-state index contributed by atoms with van der Waals surface area (Å²) in [5, 5.41) is 0. The quantitative estimate of drug-likeness (QED) is 0.845. The first-order valence-corrected chi connectivity index (χ1v) is 7.89. The van der Waals surface area contributed by atoms with Crippen molar-refractivity contribution in [3.05, 3.63) is 54.1 Å². The molecule has 0 aromatic heterocycles. The Morgan fingerprint density at radius 1 is 1.05 bits per heavy atom. The first kappa shape index (κ1) is 15.1. The third kappa shape index (κ3) is 3.67. The van der Waals surface area contributed by atoms with E-state index in [9.17, 15) is 0 Å². The SMILES string of the molecule is COc1ccc(CCN2CCOCC2)c(-c2ccccc2)c1. The summed E-state index contributed by atoms with van der Waals surface area (Å²) in [5.41, 5.74) is 3.89. The second-order valence-electron chi connectivity index (χ2n) is 5.59. The molecule has 0 saturated carbocycles. The summed E-state index contributed by atoms with van der Waals surface area (Å²) >= 11 is 0. The second kappa shape index (κ2) is 7.43. The zero-order valence-corrected chi connectivity index (χ0v) is 13.1. The van der Waals surface area contributed by atoms with Gasteiger partial charge in [-0.2, -0.15) is 0 Å². The number of benzene rings is 2. The smallest absolute Gasteiger partial charge is 0.119 e. The number of ether oxygens (including phenoxy) is 2. The Bertz CT molecular complexity index is 592. The molecule has 116 valence electrons. The lowest BCUT2D eigenvalue weighted by Crippen LogP contribution is -2.37. The van der Waals surface area contributed by atoms with Gasteiger partial charge in [0.15, 0.2) is 0 Å². The van der Waals surface area contributed by atoms with Crippen LogP contribution in [0.1, 0.15) is 5.56 Å². The molecule has 0 aliphatic carbocycles. The van der Waals surface area contributed by atoms with Gasteiger partial charge in [0.2, 0.25) is 0 Å². The Morgan fingerprint density at radius 3 is 2.55 bits per heavy atom. The van der Waals surface area contributed by atoms with E-state index in [4.69, 9.17) is 9.47 Å². The normalized spacial score (nSPS) is 15.7. The first-order valence-electron chi connectivity index (χ1n) is 7.89. The lowest BCUT2D eigenvalue weighted by molar-refractivity contribution is 0.0384. The van der Waals surface area contributed by atoms with Gasteiger partial charge in [0.05, 0.1) is 20.3 Å². The van der Waals surface area contributed by atoms with Crippen LogP contribution in [-0.2, 0) is 11.2 Å². The molecular formula is C19H23NO2. The summed E-state index contributed by atoms with van der Waals surface area (Å²) in [6.07, 6.45) is 1.05. The minimum Gasteiger partial charge on any atom is -0.497 e. The fraction of sp³-hybridized carbons (Fsp3) is 0.368. The van der Waals surface area contributed by atoms with Crippen LogP contribution in [0, 0.1) is 0 Å². The van der Waals surface area contributed by atoms with Gasteiger partial charge in [-0.15, -0.1) is 0 Å². The van der Waals surface area contributed by atoms with Crippen molar-refractivity contribution in [3.8, 4) is 16.9 Å². The van der Waals surface area contributed by atoms with Gasteiger partial charge in [0.25, 0.3) is 0 Å². The Hall–Kier alpha value is -1.84. The van der Waals surface area contributed by atoms with Gasteiger partial charge >= 0.3 is 0 Å². The Kier molecular flexibility index (Phi) is 5.09. The number of methoxy groups -OCH3 is 1. The van der Waals surface area contributed by atoms with E-state index in [0.29, 0.717) is 0 Å². The maximum atomic E-state index is 5.42. The summed E-state index contributed by atoms with van der Waals surface area (Å²) in [7, 11) is 1.72. The minimum absolute atomic E-state index is 0.855. The lowest BCUT2D eigenvalue weighted by Gasteiger charge is -2.26. The van der Waals surface area contributed by atoms with Crippen molar-refractivity contribution in [2.75, 3.05) is 40.0 Å². The van der Waals surface area contributed by atoms with Crippen molar-refractivity contribution >= 4 is 0 Å². The van der Waals surface area contributed by atoms with Crippen molar-refractivity contribution in [1.82, 2.24) is 4.90 Å². The first-order chi connectivity index (χ1) is 10.9. The summed E-state index contributed by atoms with van der Waals surface area (Å²) in [6, 6.07) is 16.9. The minimum atomic E-state index is 0.855. The van der Waals surface area contributed by atoms with Crippen LogP contribution in [0.25, 0.3) is 11.1 Å². The molecule has 0 amide bonds. The molecule has 0 bridgehead atoms. The molecule has 0 unspecified atom stereocenters. The van der Waals surface area contributed by atoms with Crippen molar-refractivity contribution in [2.24, 2.45) is 0 Å². The molecule has 2 aromatic rings. The van der Waals surface area contributed by atoms with Crippen LogP contribution in [0.5, 0.6) is 5.75 Å². The van der Waals surface area contributed by atoms with Gasteiger partial charge in [-0.05, 0) is 35.2 Å². The van der Waals surface area contributed by atoms with E-state index in [0.717, 1.165) is 45.0 Å². The zero-order chi connectivity index (χ0) is 15.2. The predicted molar refractivity (Wildman–Crippen MR) is 89.4 cm³/mol. The molecule has 1 aliphatic rings. The Morgan fingerprint density at radius 2 is 1.82 bits per heavy atom. The van der Waals surface area contributed by atoms with Gasteiger partial charge in [-0.25, -0.2) is 0 Å². The number of hydrogen-bond acceptors (Lipinski definition) is 3. The molecule has 3 heteroatoms. The molecule has 3 rings (SSSR count). The van der Waals surface area contributed by atoms with E-state index in [1.165, 1.54) is 16.7 Å². The number of rotatable bonds is 5. The van der Waals surface area contributed by atoms with E-state index in [-0.39, 0.29) is 0 Å². The third-order valence-corrected chi connectivity index (χ3v) is 4.20. The van der Waals surface area contributed by atoms with E-state index in [1.807, 2.05) is 0 Å². The highest BCUT2D eigenvalue weighted by atomic mass is 16.5. The van der Waals surface area contributed by atoms with Crippen molar-refractivity contribution in [3.63, 3.8) is 0 Å². The van der Waals surface area contributed by atoms with Crippen molar-refractivity contribution in [1.29, 1.82) is 0 Å². The Labute approximate surface area is 132 Å². The number of hydrogen-bond donors (Lipinski definition) is 0. The van der Waals surface area contributed by atoms with Crippen LogP contribution in [0.3, 0.4) is 0 Å². The van der Waals surface area contributed by atoms with Gasteiger partial charge < -0.3 is 9.47 Å². The second-order valence-corrected chi connectivity index (χ2v) is 5.59. The summed E-state index contributed by atoms with van der Waals surface area (Å²) in [5.74, 6) is 0.911. The predicted octanol–water partition coefficient (Wildman–Crippen LogP) is 3.24. The van der Waals surface area contributed by atoms with E-state index >= 15 is 0 Å². The molecule has 1 heterocycles. The van der Waals surface area contributed by atoms with E-state index < -0.39 is 0 Å². The van der Waals surface area contributed by atoms with Crippen LogP contribution in [0.4, 0.5) is 0 Å². The molecule has 0 spiro atoms.